The van der Waals surface area contributed by atoms with E-state index in [1.54, 1.807) is 12.0 Å². The maximum absolute atomic E-state index is 12.3. The summed E-state index contributed by atoms with van der Waals surface area (Å²) in [5, 5.41) is 0.864. The van der Waals surface area contributed by atoms with Crippen LogP contribution in [0.4, 0.5) is 0 Å². The number of carbonyl (C=O) groups is 2. The van der Waals surface area contributed by atoms with E-state index < -0.39 is 0 Å². The molecule has 2 amide bonds. The molecule has 7 heteroatoms. The number of ether oxygens (including phenoxy) is 1. The molecule has 1 saturated heterocycles. The molecule has 0 saturated carbocycles. The molecule has 1 aromatic rings. The van der Waals surface area contributed by atoms with Crippen LogP contribution in [0.3, 0.4) is 0 Å². The van der Waals surface area contributed by atoms with Gasteiger partial charge in [0.25, 0.3) is 5.91 Å². The number of aromatic nitrogens is 1. The number of amides is 2. The monoisotopic (exact) mass is 283 g/mol. The van der Waals surface area contributed by atoms with Crippen molar-refractivity contribution >= 4 is 23.2 Å². The number of rotatable bonds is 4. The van der Waals surface area contributed by atoms with Gasteiger partial charge in [0.1, 0.15) is 12.2 Å². The summed E-state index contributed by atoms with van der Waals surface area (Å²) in [4.78, 5) is 32.4. The van der Waals surface area contributed by atoms with Crippen LogP contribution in [0, 0.1) is 13.8 Å². The van der Waals surface area contributed by atoms with Crippen molar-refractivity contribution in [1.82, 2.24) is 14.8 Å². The van der Waals surface area contributed by atoms with Gasteiger partial charge in [-0.3, -0.25) is 9.59 Å². The van der Waals surface area contributed by atoms with Gasteiger partial charge < -0.3 is 14.5 Å². The van der Waals surface area contributed by atoms with E-state index in [1.807, 2.05) is 13.8 Å². The van der Waals surface area contributed by atoms with Crippen molar-refractivity contribution in [3.05, 3.63) is 15.6 Å². The minimum Gasteiger partial charge on any atom is -0.383 e. The summed E-state index contributed by atoms with van der Waals surface area (Å²) in [6.45, 7) is 5.17. The average Bonchev–Trinajstić information content (AvgIpc) is 2.89. The zero-order valence-corrected chi connectivity index (χ0v) is 12.1. The van der Waals surface area contributed by atoms with E-state index >= 15 is 0 Å². The van der Waals surface area contributed by atoms with Crippen LogP contribution in [0.1, 0.15) is 20.4 Å². The minimum atomic E-state index is -0.171. The second-order valence-electron chi connectivity index (χ2n) is 4.43. The number of hydrogen-bond donors (Lipinski definition) is 0. The van der Waals surface area contributed by atoms with Gasteiger partial charge in [0.05, 0.1) is 18.3 Å². The molecule has 0 radical (unpaired) electrons. The van der Waals surface area contributed by atoms with E-state index in [2.05, 4.69) is 4.98 Å². The molecule has 2 rings (SSSR count). The molecular formula is C12H17N3O3S. The molecule has 1 fully saturated rings. The summed E-state index contributed by atoms with van der Waals surface area (Å²) < 4.78 is 4.95. The van der Waals surface area contributed by atoms with Crippen molar-refractivity contribution < 1.29 is 14.3 Å². The molecule has 0 unspecified atom stereocenters. The van der Waals surface area contributed by atoms with Gasteiger partial charge >= 0.3 is 0 Å². The highest BCUT2D eigenvalue weighted by Crippen LogP contribution is 2.19. The predicted octanol–water partition coefficient (Wildman–Crippen LogP) is 0.648. The molecule has 0 bridgehead atoms. The van der Waals surface area contributed by atoms with Gasteiger partial charge in [0, 0.05) is 18.5 Å². The third-order valence-corrected chi connectivity index (χ3v) is 3.87. The van der Waals surface area contributed by atoms with Crippen molar-refractivity contribution in [2.75, 3.05) is 33.5 Å². The zero-order chi connectivity index (χ0) is 14.0. The molecule has 1 aliphatic heterocycles. The highest BCUT2D eigenvalue weighted by molar-refractivity contribution is 7.11. The number of carbonyl (C=O) groups excluding carboxylic acids is 2. The van der Waals surface area contributed by atoms with Crippen LogP contribution in [0.5, 0.6) is 0 Å². The highest BCUT2D eigenvalue weighted by atomic mass is 32.1. The Morgan fingerprint density at radius 2 is 2.21 bits per heavy atom. The standard InChI is InChI=1S/C12H17N3O3S/c1-8-11(13-9(2)19-8)12(17)15-6-10(16)14(7-15)4-5-18-3/h4-7H2,1-3H3. The van der Waals surface area contributed by atoms with Crippen molar-refractivity contribution in [3.8, 4) is 0 Å². The van der Waals surface area contributed by atoms with E-state index in [1.165, 1.54) is 16.2 Å². The Balaban J connectivity index is 2.05. The van der Waals surface area contributed by atoms with Crippen LogP contribution >= 0.6 is 11.3 Å². The topological polar surface area (TPSA) is 62.7 Å². The highest BCUT2D eigenvalue weighted by Gasteiger charge is 2.32. The van der Waals surface area contributed by atoms with Gasteiger partial charge in [-0.05, 0) is 13.8 Å². The first-order chi connectivity index (χ1) is 9.02. The van der Waals surface area contributed by atoms with Gasteiger partial charge in [-0.1, -0.05) is 0 Å². The fourth-order valence-electron chi connectivity index (χ4n) is 2.01. The van der Waals surface area contributed by atoms with E-state index in [4.69, 9.17) is 4.74 Å². The number of nitrogens with zero attached hydrogens (tertiary/aromatic N) is 3. The SMILES string of the molecule is COCCN1CN(C(=O)c2nc(C)sc2C)CC1=O. The lowest BCUT2D eigenvalue weighted by Crippen LogP contribution is -2.33. The normalized spacial score (nSPS) is 15.4. The summed E-state index contributed by atoms with van der Waals surface area (Å²) in [6.07, 6.45) is 0. The smallest absolute Gasteiger partial charge is 0.275 e. The summed E-state index contributed by atoms with van der Waals surface area (Å²) in [5.74, 6) is -0.217. The Hall–Kier alpha value is -1.47. The van der Waals surface area contributed by atoms with Crippen LogP contribution in [0.15, 0.2) is 0 Å². The third kappa shape index (κ3) is 2.93. The lowest BCUT2D eigenvalue weighted by atomic mass is 10.3. The van der Waals surface area contributed by atoms with E-state index in [9.17, 15) is 9.59 Å². The maximum Gasteiger partial charge on any atom is 0.275 e. The van der Waals surface area contributed by atoms with E-state index in [0.717, 1.165) is 9.88 Å². The average molecular weight is 283 g/mol. The van der Waals surface area contributed by atoms with Crippen molar-refractivity contribution in [1.29, 1.82) is 0 Å². The summed E-state index contributed by atoms with van der Waals surface area (Å²) in [6, 6.07) is 0. The Bertz CT molecular complexity index is 500. The van der Waals surface area contributed by atoms with E-state index in [0.29, 0.717) is 25.5 Å². The fourth-order valence-corrected chi connectivity index (χ4v) is 2.82. The second-order valence-corrected chi connectivity index (χ2v) is 5.84. The molecule has 0 aliphatic carbocycles. The van der Waals surface area contributed by atoms with Crippen LogP contribution in [-0.2, 0) is 9.53 Å². The van der Waals surface area contributed by atoms with Crippen molar-refractivity contribution in [3.63, 3.8) is 0 Å². The van der Waals surface area contributed by atoms with Crippen molar-refractivity contribution in [2.24, 2.45) is 0 Å². The molecule has 104 valence electrons. The molecule has 0 aromatic carbocycles. The van der Waals surface area contributed by atoms with Gasteiger partial charge in [-0.2, -0.15) is 0 Å². The molecular weight excluding hydrogens is 266 g/mol. The second kappa shape index (κ2) is 5.66. The first kappa shape index (κ1) is 14.0. The molecule has 6 nitrogen and oxygen atoms in total. The largest absolute Gasteiger partial charge is 0.383 e. The van der Waals surface area contributed by atoms with Gasteiger partial charge in [0.2, 0.25) is 5.91 Å². The van der Waals surface area contributed by atoms with Crippen LogP contribution in [0.25, 0.3) is 0 Å². The Morgan fingerprint density at radius 1 is 1.47 bits per heavy atom. The minimum absolute atomic E-state index is 0.0463. The molecule has 0 N–H and O–H groups in total. The Labute approximate surface area is 116 Å². The Kier molecular flexibility index (Phi) is 4.16. The third-order valence-electron chi connectivity index (χ3n) is 2.98. The quantitative estimate of drug-likeness (QED) is 0.814. The first-order valence-corrected chi connectivity index (χ1v) is 6.84. The molecule has 0 spiro atoms. The Morgan fingerprint density at radius 3 is 2.79 bits per heavy atom. The lowest BCUT2D eigenvalue weighted by Gasteiger charge is -2.17. The molecule has 1 aliphatic rings. The van der Waals surface area contributed by atoms with Crippen molar-refractivity contribution in [2.45, 2.75) is 13.8 Å². The summed E-state index contributed by atoms with van der Waals surface area (Å²) >= 11 is 1.49. The number of aryl methyl sites for hydroxylation is 2. The summed E-state index contributed by atoms with van der Waals surface area (Å²) in [5.41, 5.74) is 0.462. The van der Waals surface area contributed by atoms with Gasteiger partial charge in [-0.25, -0.2) is 4.98 Å². The molecule has 2 heterocycles. The summed E-state index contributed by atoms with van der Waals surface area (Å²) in [7, 11) is 1.59. The van der Waals surface area contributed by atoms with E-state index in [-0.39, 0.29) is 18.4 Å². The van der Waals surface area contributed by atoms with Crippen LogP contribution in [0.2, 0.25) is 0 Å². The number of thiazole rings is 1. The first-order valence-electron chi connectivity index (χ1n) is 6.03. The van der Waals surface area contributed by atoms with Gasteiger partial charge in [0.15, 0.2) is 0 Å². The zero-order valence-electron chi connectivity index (χ0n) is 11.3. The number of methoxy groups -OCH3 is 1. The van der Waals surface area contributed by atoms with Crippen LogP contribution < -0.4 is 0 Å². The maximum atomic E-state index is 12.3. The molecule has 1 aromatic heterocycles. The predicted molar refractivity (Wildman–Crippen MR) is 71.1 cm³/mol. The molecule has 0 atom stereocenters. The number of hydrogen-bond acceptors (Lipinski definition) is 5. The van der Waals surface area contributed by atoms with Gasteiger partial charge in [-0.15, -0.1) is 11.3 Å². The fraction of sp³-hybridized carbons (Fsp3) is 0.583. The lowest BCUT2D eigenvalue weighted by molar-refractivity contribution is -0.127. The molecule has 19 heavy (non-hydrogen) atoms. The van der Waals surface area contributed by atoms with Crippen LogP contribution in [-0.4, -0.2) is 60.1 Å².